The largest absolute Gasteiger partial charge is 0.480 e. The van der Waals surface area contributed by atoms with E-state index >= 15 is 0 Å². The highest BCUT2D eigenvalue weighted by Gasteiger charge is 2.15. The van der Waals surface area contributed by atoms with Gasteiger partial charge >= 0.3 is 5.97 Å². The lowest BCUT2D eigenvalue weighted by Crippen LogP contribution is -2.29. The topological polar surface area (TPSA) is 113 Å². The first kappa shape index (κ1) is 17.6. The molecule has 2 aromatic carbocycles. The molecule has 0 aliphatic rings. The maximum Gasteiger partial charge on any atom is 0.318 e. The van der Waals surface area contributed by atoms with Gasteiger partial charge in [-0.15, -0.1) is 0 Å². The van der Waals surface area contributed by atoms with E-state index in [0.29, 0.717) is 11.3 Å². The second kappa shape index (κ2) is 7.24. The molecule has 3 N–H and O–H groups in total. The Balaban J connectivity index is 2.09. The smallest absolute Gasteiger partial charge is 0.318 e. The van der Waals surface area contributed by atoms with Crippen molar-refractivity contribution in [3.8, 4) is 0 Å². The van der Waals surface area contributed by atoms with Crippen LogP contribution in [-0.4, -0.2) is 31.9 Å². The van der Waals surface area contributed by atoms with Crippen molar-refractivity contribution in [3.63, 3.8) is 0 Å². The van der Waals surface area contributed by atoms with Gasteiger partial charge in [0.15, 0.2) is 0 Å². The molecule has 7 nitrogen and oxygen atoms in total. The number of aliphatic carboxylic acids is 1. The number of benzene rings is 2. The molecule has 8 heteroatoms. The van der Waals surface area contributed by atoms with Crippen LogP contribution in [0.15, 0.2) is 53.4 Å². The van der Waals surface area contributed by atoms with Crippen molar-refractivity contribution in [1.29, 1.82) is 0 Å². The normalized spacial score (nSPS) is 11.0. The Morgan fingerprint density at radius 3 is 2.33 bits per heavy atom. The first-order valence-corrected chi connectivity index (χ1v) is 8.46. The minimum atomic E-state index is -3.90. The van der Waals surface area contributed by atoms with Gasteiger partial charge in [-0.1, -0.05) is 17.7 Å². The molecular formula is C16H16N2O5S. The van der Waals surface area contributed by atoms with Crippen LogP contribution >= 0.6 is 0 Å². The van der Waals surface area contributed by atoms with E-state index in [9.17, 15) is 18.0 Å². The molecule has 0 radical (unpaired) electrons. The number of rotatable bonds is 6. The minimum absolute atomic E-state index is 0.0858. The summed E-state index contributed by atoms with van der Waals surface area (Å²) in [6.45, 7) is 1.18. The summed E-state index contributed by atoms with van der Waals surface area (Å²) in [7, 11) is -3.90. The van der Waals surface area contributed by atoms with Crippen LogP contribution in [-0.2, 0) is 14.8 Å². The predicted molar refractivity (Wildman–Crippen MR) is 88.4 cm³/mol. The van der Waals surface area contributed by atoms with Crippen molar-refractivity contribution in [3.05, 3.63) is 59.7 Å². The van der Waals surface area contributed by atoms with Crippen LogP contribution in [0.5, 0.6) is 0 Å². The number of carboxylic acids is 1. The van der Waals surface area contributed by atoms with Gasteiger partial charge in [0.1, 0.15) is 6.54 Å². The van der Waals surface area contributed by atoms with E-state index in [1.165, 1.54) is 24.3 Å². The molecule has 1 amide bonds. The van der Waals surface area contributed by atoms with Gasteiger partial charge in [-0.2, -0.15) is 4.72 Å². The first-order chi connectivity index (χ1) is 11.3. The van der Waals surface area contributed by atoms with E-state index in [0.717, 1.165) is 5.56 Å². The molecule has 0 aliphatic heterocycles. The summed E-state index contributed by atoms with van der Waals surface area (Å²) in [5.74, 6) is -1.58. The number of carbonyl (C=O) groups excluding carboxylic acids is 1. The second-order valence-electron chi connectivity index (χ2n) is 5.07. The Morgan fingerprint density at radius 2 is 1.75 bits per heavy atom. The molecule has 0 fully saturated rings. The van der Waals surface area contributed by atoms with Gasteiger partial charge in [0, 0.05) is 11.3 Å². The average molecular weight is 348 g/mol. The molecule has 2 rings (SSSR count). The summed E-state index contributed by atoms with van der Waals surface area (Å²) >= 11 is 0. The van der Waals surface area contributed by atoms with Crippen molar-refractivity contribution in [1.82, 2.24) is 4.72 Å². The van der Waals surface area contributed by atoms with Crippen LogP contribution in [0.1, 0.15) is 15.9 Å². The van der Waals surface area contributed by atoms with E-state index < -0.39 is 22.5 Å². The SMILES string of the molecule is Cc1cccc(C(=O)Nc2ccc(S(=O)(=O)NCC(=O)O)cc2)c1. The lowest BCUT2D eigenvalue weighted by molar-refractivity contribution is -0.135. The van der Waals surface area contributed by atoms with Crippen LogP contribution in [0.2, 0.25) is 0 Å². The highest BCUT2D eigenvalue weighted by Crippen LogP contribution is 2.15. The van der Waals surface area contributed by atoms with Crippen molar-refractivity contribution in [2.45, 2.75) is 11.8 Å². The molecule has 0 saturated carbocycles. The second-order valence-corrected chi connectivity index (χ2v) is 6.83. The van der Waals surface area contributed by atoms with E-state index in [-0.39, 0.29) is 10.8 Å². The van der Waals surface area contributed by atoms with Gasteiger partial charge in [-0.05, 0) is 43.3 Å². The molecule has 0 unspecified atom stereocenters. The number of hydrogen-bond acceptors (Lipinski definition) is 4. The molecule has 0 spiro atoms. The van der Waals surface area contributed by atoms with Gasteiger partial charge in [-0.3, -0.25) is 9.59 Å². The zero-order chi connectivity index (χ0) is 17.7. The molecule has 0 saturated heterocycles. The summed E-state index contributed by atoms with van der Waals surface area (Å²) in [5, 5.41) is 11.2. The van der Waals surface area contributed by atoms with Gasteiger partial charge < -0.3 is 10.4 Å². The maximum atomic E-state index is 12.1. The Hall–Kier alpha value is -2.71. The molecule has 126 valence electrons. The Morgan fingerprint density at radius 1 is 1.08 bits per heavy atom. The molecule has 2 aromatic rings. The number of hydrogen-bond donors (Lipinski definition) is 3. The number of anilines is 1. The van der Waals surface area contributed by atoms with Crippen molar-refractivity contribution >= 4 is 27.6 Å². The number of aryl methyl sites for hydroxylation is 1. The van der Waals surface area contributed by atoms with Crippen LogP contribution in [0.4, 0.5) is 5.69 Å². The van der Waals surface area contributed by atoms with Gasteiger partial charge in [0.2, 0.25) is 10.0 Å². The summed E-state index contributed by atoms with van der Waals surface area (Å²) in [6.07, 6.45) is 0. The molecule has 0 bridgehead atoms. The third-order valence-corrected chi connectivity index (χ3v) is 4.53. The third kappa shape index (κ3) is 4.64. The van der Waals surface area contributed by atoms with Gasteiger partial charge in [0.05, 0.1) is 4.90 Å². The van der Waals surface area contributed by atoms with Crippen LogP contribution < -0.4 is 10.0 Å². The number of nitrogens with one attached hydrogen (secondary N) is 2. The molecule has 0 aromatic heterocycles. The quantitative estimate of drug-likeness (QED) is 0.734. The minimum Gasteiger partial charge on any atom is -0.480 e. The monoisotopic (exact) mass is 348 g/mol. The summed E-state index contributed by atoms with van der Waals surface area (Å²) in [6, 6.07) is 12.5. The third-order valence-electron chi connectivity index (χ3n) is 3.12. The van der Waals surface area contributed by atoms with Crippen molar-refractivity contribution < 1.29 is 23.1 Å². The molecule has 0 heterocycles. The van der Waals surface area contributed by atoms with E-state index in [1.54, 1.807) is 18.2 Å². The highest BCUT2D eigenvalue weighted by atomic mass is 32.2. The average Bonchev–Trinajstić information content (AvgIpc) is 2.53. The number of carbonyl (C=O) groups is 2. The van der Waals surface area contributed by atoms with Gasteiger partial charge in [-0.25, -0.2) is 8.42 Å². The fourth-order valence-corrected chi connectivity index (χ4v) is 2.92. The number of sulfonamides is 1. The highest BCUT2D eigenvalue weighted by molar-refractivity contribution is 7.89. The Bertz CT molecular complexity index is 860. The number of amides is 1. The summed E-state index contributed by atoms with van der Waals surface area (Å²) in [4.78, 5) is 22.5. The fraction of sp³-hybridized carbons (Fsp3) is 0.125. The zero-order valence-electron chi connectivity index (χ0n) is 12.8. The standard InChI is InChI=1S/C16H16N2O5S/c1-11-3-2-4-12(9-11)16(21)18-13-5-7-14(8-6-13)24(22,23)17-10-15(19)20/h2-9,17H,10H2,1H3,(H,18,21)(H,19,20). The zero-order valence-corrected chi connectivity index (χ0v) is 13.6. The van der Waals surface area contributed by atoms with Gasteiger partial charge in [0.25, 0.3) is 5.91 Å². The van der Waals surface area contributed by atoms with E-state index in [2.05, 4.69) is 5.32 Å². The molecular weight excluding hydrogens is 332 g/mol. The lowest BCUT2D eigenvalue weighted by Gasteiger charge is -2.08. The Labute approximate surface area is 139 Å². The van der Waals surface area contributed by atoms with E-state index in [4.69, 9.17) is 5.11 Å². The molecule has 24 heavy (non-hydrogen) atoms. The number of carboxylic acid groups (broad SMARTS) is 1. The molecule has 0 aliphatic carbocycles. The first-order valence-electron chi connectivity index (χ1n) is 6.97. The fourth-order valence-electron chi connectivity index (χ4n) is 1.95. The van der Waals surface area contributed by atoms with Crippen molar-refractivity contribution in [2.75, 3.05) is 11.9 Å². The maximum absolute atomic E-state index is 12.1. The lowest BCUT2D eigenvalue weighted by atomic mass is 10.1. The Kier molecular flexibility index (Phi) is 5.32. The predicted octanol–water partition coefficient (Wildman–Crippen LogP) is 1.61. The van der Waals surface area contributed by atoms with Crippen LogP contribution in [0, 0.1) is 6.92 Å². The van der Waals surface area contributed by atoms with E-state index in [1.807, 2.05) is 17.7 Å². The van der Waals surface area contributed by atoms with Crippen LogP contribution in [0.3, 0.4) is 0 Å². The molecule has 0 atom stereocenters. The van der Waals surface area contributed by atoms with Crippen molar-refractivity contribution in [2.24, 2.45) is 0 Å². The summed E-state index contributed by atoms with van der Waals surface area (Å²) in [5.41, 5.74) is 1.88. The summed E-state index contributed by atoms with van der Waals surface area (Å²) < 4.78 is 25.7. The van der Waals surface area contributed by atoms with Crippen LogP contribution in [0.25, 0.3) is 0 Å².